The minimum atomic E-state index is -0.309. The first kappa shape index (κ1) is 9.26. The van der Waals surface area contributed by atoms with Gasteiger partial charge in [0.25, 0.3) is 0 Å². The van der Waals surface area contributed by atoms with E-state index >= 15 is 0 Å². The number of hydrogen-bond acceptors (Lipinski definition) is 2. The summed E-state index contributed by atoms with van der Waals surface area (Å²) in [5.74, 6) is 0.0850. The highest BCUT2D eigenvalue weighted by atomic mass is 16.2. The fourth-order valence-electron chi connectivity index (χ4n) is 1.25. The Morgan fingerprint density at radius 3 is 2.92 bits per heavy atom. The number of nitrogens with two attached hydrogens (primary N) is 1. The van der Waals surface area contributed by atoms with E-state index < -0.39 is 0 Å². The van der Waals surface area contributed by atoms with Crippen LogP contribution in [0.15, 0.2) is 12.2 Å². The van der Waals surface area contributed by atoms with Crippen LogP contribution in [0, 0.1) is 0 Å². The smallest absolute Gasteiger partial charge is 0.239 e. The molecule has 3 nitrogen and oxygen atoms in total. The molecule has 1 amide bonds. The third kappa shape index (κ3) is 2.08. The Hall–Kier alpha value is -0.830. The second-order valence-electron chi connectivity index (χ2n) is 3.06. The Morgan fingerprint density at radius 2 is 2.42 bits per heavy atom. The SMILES string of the molecule is CCC(N)C(=O)N1CC=CCC1. The van der Waals surface area contributed by atoms with Crippen LogP contribution in [-0.4, -0.2) is 29.9 Å². The first-order valence-electron chi connectivity index (χ1n) is 4.45. The summed E-state index contributed by atoms with van der Waals surface area (Å²) in [6.07, 6.45) is 5.80. The van der Waals surface area contributed by atoms with Crippen molar-refractivity contribution in [2.24, 2.45) is 5.73 Å². The molecule has 1 heterocycles. The van der Waals surface area contributed by atoms with Crippen LogP contribution in [0.4, 0.5) is 0 Å². The number of hydrogen-bond donors (Lipinski definition) is 1. The fraction of sp³-hybridized carbons (Fsp3) is 0.667. The number of carbonyl (C=O) groups excluding carboxylic acids is 1. The molecule has 0 saturated heterocycles. The Balaban J connectivity index is 2.46. The second-order valence-corrected chi connectivity index (χ2v) is 3.06. The van der Waals surface area contributed by atoms with Crippen molar-refractivity contribution in [3.8, 4) is 0 Å². The van der Waals surface area contributed by atoms with Crippen LogP contribution in [0.2, 0.25) is 0 Å². The molecular weight excluding hydrogens is 152 g/mol. The van der Waals surface area contributed by atoms with Crippen molar-refractivity contribution in [1.29, 1.82) is 0 Å². The summed E-state index contributed by atoms with van der Waals surface area (Å²) in [6, 6.07) is -0.309. The highest BCUT2D eigenvalue weighted by Gasteiger charge is 2.18. The zero-order valence-corrected chi connectivity index (χ0v) is 7.49. The predicted molar refractivity (Wildman–Crippen MR) is 48.6 cm³/mol. The van der Waals surface area contributed by atoms with Gasteiger partial charge in [0.05, 0.1) is 6.04 Å². The molecule has 1 atom stereocenters. The lowest BCUT2D eigenvalue weighted by Gasteiger charge is -2.25. The van der Waals surface area contributed by atoms with E-state index in [1.54, 1.807) is 0 Å². The van der Waals surface area contributed by atoms with Gasteiger partial charge in [-0.1, -0.05) is 19.1 Å². The monoisotopic (exact) mass is 168 g/mol. The Morgan fingerprint density at radius 1 is 1.67 bits per heavy atom. The molecule has 0 aromatic heterocycles. The van der Waals surface area contributed by atoms with Crippen molar-refractivity contribution < 1.29 is 4.79 Å². The third-order valence-electron chi connectivity index (χ3n) is 2.13. The highest BCUT2D eigenvalue weighted by Crippen LogP contribution is 2.03. The fourth-order valence-corrected chi connectivity index (χ4v) is 1.25. The largest absolute Gasteiger partial charge is 0.337 e. The van der Waals surface area contributed by atoms with E-state index in [9.17, 15) is 4.79 Å². The van der Waals surface area contributed by atoms with Crippen molar-refractivity contribution in [3.63, 3.8) is 0 Å². The van der Waals surface area contributed by atoms with Crippen LogP contribution >= 0.6 is 0 Å². The molecule has 3 heteroatoms. The Labute approximate surface area is 73.2 Å². The third-order valence-corrected chi connectivity index (χ3v) is 2.13. The molecule has 0 bridgehead atoms. The predicted octanol–water partition coefficient (Wildman–Crippen LogP) is 0.512. The summed E-state index contributed by atoms with van der Waals surface area (Å²) in [4.78, 5) is 13.3. The van der Waals surface area contributed by atoms with Gasteiger partial charge in [-0.05, 0) is 12.8 Å². The van der Waals surface area contributed by atoms with E-state index in [4.69, 9.17) is 5.73 Å². The maximum absolute atomic E-state index is 11.5. The lowest BCUT2D eigenvalue weighted by molar-refractivity contribution is -0.132. The molecule has 0 saturated carbocycles. The van der Waals surface area contributed by atoms with Crippen LogP contribution in [0.5, 0.6) is 0 Å². The second kappa shape index (κ2) is 4.26. The number of amides is 1. The van der Waals surface area contributed by atoms with Gasteiger partial charge in [-0.2, -0.15) is 0 Å². The van der Waals surface area contributed by atoms with E-state index in [1.807, 2.05) is 17.9 Å². The summed E-state index contributed by atoms with van der Waals surface area (Å²) >= 11 is 0. The number of rotatable bonds is 2. The zero-order valence-electron chi connectivity index (χ0n) is 7.49. The molecule has 68 valence electrons. The molecule has 1 rings (SSSR count). The lowest BCUT2D eigenvalue weighted by Crippen LogP contribution is -2.44. The first-order valence-corrected chi connectivity index (χ1v) is 4.45. The van der Waals surface area contributed by atoms with Gasteiger partial charge >= 0.3 is 0 Å². The van der Waals surface area contributed by atoms with Crippen LogP contribution in [0.3, 0.4) is 0 Å². The summed E-state index contributed by atoms with van der Waals surface area (Å²) in [6.45, 7) is 3.48. The minimum absolute atomic E-state index is 0.0850. The number of nitrogens with zero attached hydrogens (tertiary/aromatic N) is 1. The van der Waals surface area contributed by atoms with Gasteiger partial charge in [-0.15, -0.1) is 0 Å². The molecule has 12 heavy (non-hydrogen) atoms. The molecule has 1 aliphatic heterocycles. The quantitative estimate of drug-likeness (QED) is 0.611. The van der Waals surface area contributed by atoms with Gasteiger partial charge in [-0.3, -0.25) is 4.79 Å². The molecule has 0 spiro atoms. The average molecular weight is 168 g/mol. The van der Waals surface area contributed by atoms with Crippen LogP contribution in [0.1, 0.15) is 19.8 Å². The van der Waals surface area contributed by atoms with Gasteiger partial charge in [0.1, 0.15) is 0 Å². The first-order chi connectivity index (χ1) is 5.75. The van der Waals surface area contributed by atoms with Gasteiger partial charge in [-0.25, -0.2) is 0 Å². The zero-order chi connectivity index (χ0) is 8.97. The van der Waals surface area contributed by atoms with Crippen molar-refractivity contribution in [2.75, 3.05) is 13.1 Å². The maximum atomic E-state index is 11.5. The normalized spacial score (nSPS) is 19.3. The molecular formula is C9H16N2O. The van der Waals surface area contributed by atoms with E-state index in [0.717, 1.165) is 25.9 Å². The molecule has 0 radical (unpaired) electrons. The van der Waals surface area contributed by atoms with Gasteiger partial charge in [0, 0.05) is 13.1 Å². The summed E-state index contributed by atoms with van der Waals surface area (Å²) in [5.41, 5.74) is 5.63. The molecule has 1 unspecified atom stereocenters. The van der Waals surface area contributed by atoms with Crippen LogP contribution < -0.4 is 5.73 Å². The van der Waals surface area contributed by atoms with Crippen molar-refractivity contribution in [2.45, 2.75) is 25.8 Å². The lowest BCUT2D eigenvalue weighted by atomic mass is 10.2. The van der Waals surface area contributed by atoms with E-state index in [2.05, 4.69) is 6.08 Å². The van der Waals surface area contributed by atoms with E-state index in [-0.39, 0.29) is 11.9 Å². The van der Waals surface area contributed by atoms with Gasteiger partial charge < -0.3 is 10.6 Å². The average Bonchev–Trinajstić information content (AvgIpc) is 2.17. The summed E-state index contributed by atoms with van der Waals surface area (Å²) < 4.78 is 0. The Bertz CT molecular complexity index is 189. The standard InChI is InChI=1S/C9H16N2O/c1-2-8(10)9(12)11-6-4-3-5-7-11/h3-4,8H,2,5-7,10H2,1H3. The topological polar surface area (TPSA) is 46.3 Å². The van der Waals surface area contributed by atoms with Gasteiger partial charge in [0.15, 0.2) is 0 Å². The summed E-state index contributed by atoms with van der Waals surface area (Å²) in [7, 11) is 0. The summed E-state index contributed by atoms with van der Waals surface area (Å²) in [5, 5.41) is 0. The highest BCUT2D eigenvalue weighted by molar-refractivity contribution is 5.81. The van der Waals surface area contributed by atoms with Crippen molar-refractivity contribution in [1.82, 2.24) is 4.90 Å². The Kier molecular flexibility index (Phi) is 3.29. The maximum Gasteiger partial charge on any atom is 0.239 e. The molecule has 0 aromatic rings. The molecule has 0 aromatic carbocycles. The van der Waals surface area contributed by atoms with Gasteiger partial charge in [0.2, 0.25) is 5.91 Å². The van der Waals surface area contributed by atoms with E-state index in [0.29, 0.717) is 0 Å². The van der Waals surface area contributed by atoms with Crippen molar-refractivity contribution >= 4 is 5.91 Å². The van der Waals surface area contributed by atoms with Crippen LogP contribution in [0.25, 0.3) is 0 Å². The van der Waals surface area contributed by atoms with Crippen LogP contribution in [-0.2, 0) is 4.79 Å². The number of carbonyl (C=O) groups is 1. The van der Waals surface area contributed by atoms with E-state index in [1.165, 1.54) is 0 Å². The molecule has 0 fully saturated rings. The molecule has 0 aliphatic carbocycles. The molecule has 1 aliphatic rings. The van der Waals surface area contributed by atoms with Crippen molar-refractivity contribution in [3.05, 3.63) is 12.2 Å². The minimum Gasteiger partial charge on any atom is -0.337 e. The molecule has 2 N–H and O–H groups in total.